The van der Waals surface area contributed by atoms with Crippen molar-refractivity contribution in [3.05, 3.63) is 11.9 Å². The summed E-state index contributed by atoms with van der Waals surface area (Å²) in [5.74, 6) is 0.443. The first-order valence-electron chi connectivity index (χ1n) is 6.65. The maximum absolute atomic E-state index is 12.4. The van der Waals surface area contributed by atoms with Gasteiger partial charge in [0, 0.05) is 6.04 Å². The van der Waals surface area contributed by atoms with Gasteiger partial charge in [0.05, 0.1) is 14.2 Å². The van der Waals surface area contributed by atoms with Gasteiger partial charge in [-0.3, -0.25) is 4.79 Å². The third-order valence-electron chi connectivity index (χ3n) is 3.67. The lowest BCUT2D eigenvalue weighted by Gasteiger charge is -2.20. The molecule has 2 atom stereocenters. The van der Waals surface area contributed by atoms with Gasteiger partial charge in [-0.05, 0) is 25.3 Å². The molecule has 2 rings (SSSR count). The molecule has 0 aliphatic heterocycles. The SMILES string of the molecule is COc1ncnc(OC)c1C(=O)N[C@@H]1CCC[C@@H]1CN. The molecule has 0 bridgehead atoms. The molecule has 7 nitrogen and oxygen atoms in total. The minimum absolute atomic E-state index is 0.0853. The molecular formula is C13H20N4O3. The topological polar surface area (TPSA) is 99.4 Å². The van der Waals surface area contributed by atoms with Crippen molar-refractivity contribution in [1.29, 1.82) is 0 Å². The van der Waals surface area contributed by atoms with E-state index in [-0.39, 0.29) is 29.3 Å². The Kier molecular flexibility index (Phi) is 4.73. The van der Waals surface area contributed by atoms with Crippen molar-refractivity contribution in [1.82, 2.24) is 15.3 Å². The third kappa shape index (κ3) is 2.82. The van der Waals surface area contributed by atoms with Gasteiger partial charge >= 0.3 is 0 Å². The average molecular weight is 280 g/mol. The molecule has 20 heavy (non-hydrogen) atoms. The quantitative estimate of drug-likeness (QED) is 0.807. The molecule has 1 aliphatic carbocycles. The van der Waals surface area contributed by atoms with E-state index < -0.39 is 0 Å². The van der Waals surface area contributed by atoms with Gasteiger partial charge in [0.2, 0.25) is 11.8 Å². The van der Waals surface area contributed by atoms with E-state index in [1.807, 2.05) is 0 Å². The summed E-state index contributed by atoms with van der Waals surface area (Å²) in [6, 6.07) is 0.0853. The first-order chi connectivity index (χ1) is 9.71. The van der Waals surface area contributed by atoms with E-state index in [2.05, 4.69) is 15.3 Å². The molecule has 1 saturated carbocycles. The van der Waals surface area contributed by atoms with Gasteiger partial charge in [-0.15, -0.1) is 0 Å². The minimum atomic E-state index is -0.287. The Hall–Kier alpha value is -1.89. The van der Waals surface area contributed by atoms with Crippen LogP contribution in [0.5, 0.6) is 11.8 Å². The second kappa shape index (κ2) is 6.51. The van der Waals surface area contributed by atoms with Crippen LogP contribution in [0.3, 0.4) is 0 Å². The molecule has 0 radical (unpaired) electrons. The van der Waals surface area contributed by atoms with Crippen molar-refractivity contribution in [2.75, 3.05) is 20.8 Å². The standard InChI is InChI=1S/C13H20N4O3/c1-19-12-10(13(20-2)16-7-15-12)11(18)17-9-5-3-4-8(9)6-14/h7-9H,3-6,14H2,1-2H3,(H,17,18)/t8-,9-/m1/s1. The smallest absolute Gasteiger partial charge is 0.262 e. The van der Waals surface area contributed by atoms with Crippen LogP contribution >= 0.6 is 0 Å². The third-order valence-corrected chi connectivity index (χ3v) is 3.67. The van der Waals surface area contributed by atoms with Crippen LogP contribution in [0, 0.1) is 5.92 Å². The highest BCUT2D eigenvalue weighted by molar-refractivity contribution is 5.98. The number of hydrogen-bond donors (Lipinski definition) is 2. The van der Waals surface area contributed by atoms with Crippen LogP contribution in [0.1, 0.15) is 29.6 Å². The van der Waals surface area contributed by atoms with Crippen molar-refractivity contribution >= 4 is 5.91 Å². The summed E-state index contributed by atoms with van der Waals surface area (Å²) >= 11 is 0. The van der Waals surface area contributed by atoms with E-state index in [4.69, 9.17) is 15.2 Å². The maximum Gasteiger partial charge on any atom is 0.262 e. The van der Waals surface area contributed by atoms with Crippen LogP contribution in [0.25, 0.3) is 0 Å². The largest absolute Gasteiger partial charge is 0.480 e. The zero-order valence-electron chi connectivity index (χ0n) is 11.8. The second-order valence-corrected chi connectivity index (χ2v) is 4.77. The Balaban J connectivity index is 2.20. The van der Waals surface area contributed by atoms with E-state index in [0.717, 1.165) is 19.3 Å². The Morgan fingerprint density at radius 2 is 2.00 bits per heavy atom. The first-order valence-corrected chi connectivity index (χ1v) is 6.65. The Labute approximate surface area is 117 Å². The molecule has 1 fully saturated rings. The number of ether oxygens (including phenoxy) is 2. The predicted octanol–water partition coefficient (Wildman–Crippen LogP) is 0.351. The number of methoxy groups -OCH3 is 2. The van der Waals surface area contributed by atoms with Crippen molar-refractivity contribution in [3.8, 4) is 11.8 Å². The van der Waals surface area contributed by atoms with E-state index in [1.165, 1.54) is 20.5 Å². The van der Waals surface area contributed by atoms with E-state index >= 15 is 0 Å². The summed E-state index contributed by atoms with van der Waals surface area (Å²) in [4.78, 5) is 20.3. The molecular weight excluding hydrogens is 260 g/mol. The lowest BCUT2D eigenvalue weighted by atomic mass is 10.0. The highest BCUT2D eigenvalue weighted by Gasteiger charge is 2.30. The molecule has 1 amide bonds. The van der Waals surface area contributed by atoms with Gasteiger partial charge in [0.1, 0.15) is 6.33 Å². The van der Waals surface area contributed by atoms with Crippen molar-refractivity contribution in [3.63, 3.8) is 0 Å². The van der Waals surface area contributed by atoms with Crippen LogP contribution < -0.4 is 20.5 Å². The van der Waals surface area contributed by atoms with Gasteiger partial charge in [-0.1, -0.05) is 6.42 Å². The number of nitrogens with zero attached hydrogens (tertiary/aromatic N) is 2. The lowest BCUT2D eigenvalue weighted by molar-refractivity contribution is 0.0920. The molecule has 0 unspecified atom stereocenters. The summed E-state index contributed by atoms with van der Waals surface area (Å²) in [5, 5.41) is 2.99. The predicted molar refractivity (Wildman–Crippen MR) is 72.8 cm³/mol. The number of rotatable bonds is 5. The summed E-state index contributed by atoms with van der Waals surface area (Å²) in [5.41, 5.74) is 5.95. The Morgan fingerprint density at radius 1 is 1.35 bits per heavy atom. The van der Waals surface area contributed by atoms with Crippen LogP contribution in [-0.2, 0) is 0 Å². The Morgan fingerprint density at radius 3 is 2.55 bits per heavy atom. The second-order valence-electron chi connectivity index (χ2n) is 4.77. The van der Waals surface area contributed by atoms with E-state index in [1.54, 1.807) is 0 Å². The van der Waals surface area contributed by atoms with Crippen molar-refractivity contribution < 1.29 is 14.3 Å². The van der Waals surface area contributed by atoms with Crippen LogP contribution in [0.2, 0.25) is 0 Å². The molecule has 0 spiro atoms. The van der Waals surface area contributed by atoms with Gasteiger partial charge in [-0.25, -0.2) is 9.97 Å². The van der Waals surface area contributed by atoms with Crippen LogP contribution in [-0.4, -0.2) is 42.7 Å². The summed E-state index contributed by atoms with van der Waals surface area (Å²) in [6.45, 7) is 0.574. The number of carbonyl (C=O) groups is 1. The normalized spacial score (nSPS) is 21.6. The summed E-state index contributed by atoms with van der Waals surface area (Å²) in [6.07, 6.45) is 4.35. The molecule has 110 valence electrons. The zero-order valence-corrected chi connectivity index (χ0v) is 11.8. The fourth-order valence-electron chi connectivity index (χ4n) is 2.61. The number of aromatic nitrogens is 2. The molecule has 1 aromatic rings. The molecule has 7 heteroatoms. The van der Waals surface area contributed by atoms with Gasteiger partial charge in [0.25, 0.3) is 5.91 Å². The highest BCUT2D eigenvalue weighted by Crippen LogP contribution is 2.27. The molecule has 3 N–H and O–H groups in total. The number of carbonyl (C=O) groups excluding carboxylic acids is 1. The fraction of sp³-hybridized carbons (Fsp3) is 0.615. The Bertz CT molecular complexity index is 458. The number of hydrogen-bond acceptors (Lipinski definition) is 6. The van der Waals surface area contributed by atoms with E-state index in [9.17, 15) is 4.79 Å². The van der Waals surface area contributed by atoms with Crippen LogP contribution in [0.15, 0.2) is 6.33 Å². The lowest BCUT2D eigenvalue weighted by Crippen LogP contribution is -2.40. The summed E-state index contributed by atoms with van der Waals surface area (Å²) < 4.78 is 10.2. The molecule has 0 aromatic carbocycles. The molecule has 1 aromatic heterocycles. The number of nitrogens with one attached hydrogen (secondary N) is 1. The molecule has 1 aliphatic rings. The number of nitrogens with two attached hydrogens (primary N) is 1. The molecule has 0 saturated heterocycles. The fourth-order valence-corrected chi connectivity index (χ4v) is 2.61. The average Bonchev–Trinajstić information content (AvgIpc) is 2.93. The van der Waals surface area contributed by atoms with E-state index in [0.29, 0.717) is 12.5 Å². The zero-order chi connectivity index (χ0) is 14.5. The first kappa shape index (κ1) is 14.5. The highest BCUT2D eigenvalue weighted by atomic mass is 16.5. The van der Waals surface area contributed by atoms with Gasteiger partial charge in [-0.2, -0.15) is 0 Å². The monoisotopic (exact) mass is 280 g/mol. The van der Waals surface area contributed by atoms with Crippen molar-refractivity contribution in [2.24, 2.45) is 11.7 Å². The van der Waals surface area contributed by atoms with Crippen LogP contribution in [0.4, 0.5) is 0 Å². The minimum Gasteiger partial charge on any atom is -0.480 e. The van der Waals surface area contributed by atoms with Gasteiger partial charge in [0.15, 0.2) is 5.56 Å². The number of amides is 1. The summed E-state index contributed by atoms with van der Waals surface area (Å²) in [7, 11) is 2.91. The molecule has 1 heterocycles. The maximum atomic E-state index is 12.4. The van der Waals surface area contributed by atoms with Gasteiger partial charge < -0.3 is 20.5 Å². The van der Waals surface area contributed by atoms with Crippen molar-refractivity contribution in [2.45, 2.75) is 25.3 Å².